The molecule has 0 aliphatic carbocycles. The Morgan fingerprint density at radius 3 is 2.88 bits per heavy atom. The molecule has 1 aliphatic rings. The van der Waals surface area contributed by atoms with Crippen LogP contribution in [0.25, 0.3) is 0 Å². The molecule has 0 saturated heterocycles. The summed E-state index contributed by atoms with van der Waals surface area (Å²) >= 11 is 0. The van der Waals surface area contributed by atoms with Crippen LogP contribution in [-0.2, 0) is 17.9 Å². The van der Waals surface area contributed by atoms with E-state index in [-0.39, 0.29) is 11.9 Å². The highest BCUT2D eigenvalue weighted by molar-refractivity contribution is 5.77. The van der Waals surface area contributed by atoms with E-state index in [1.165, 1.54) is 0 Å². The molecule has 1 amide bonds. The van der Waals surface area contributed by atoms with Crippen LogP contribution in [0.15, 0.2) is 24.4 Å². The third-order valence-corrected chi connectivity index (χ3v) is 4.21. The van der Waals surface area contributed by atoms with Crippen LogP contribution in [0.5, 0.6) is 5.88 Å². The largest absolute Gasteiger partial charge is 0.469 e. The predicted molar refractivity (Wildman–Crippen MR) is 87.3 cm³/mol. The van der Waals surface area contributed by atoms with Crippen molar-refractivity contribution in [1.29, 1.82) is 0 Å². The summed E-state index contributed by atoms with van der Waals surface area (Å²) in [6, 6.07) is 5.57. The Hall–Kier alpha value is -2.48. The number of nitrogens with zero attached hydrogens (tertiary/aromatic N) is 6. The van der Waals surface area contributed by atoms with E-state index < -0.39 is 0 Å². The number of carbonyl (C=O) groups excluding carboxylic acids is 1. The highest BCUT2D eigenvalue weighted by Crippen LogP contribution is 2.24. The van der Waals surface area contributed by atoms with Crippen LogP contribution in [0.3, 0.4) is 0 Å². The molecule has 8 heteroatoms. The number of carbonyl (C=O) groups is 1. The summed E-state index contributed by atoms with van der Waals surface area (Å²) in [4.78, 5) is 19.8. The minimum atomic E-state index is 0.0405. The standard InChI is InChI=1S/C16H22N6O2/c1-12-16-19-18-13(11-24-14-6-4-5-7-17-14)22(16)9-8-21(12)10-15(23)20(2)3/h4-7,12H,8-11H2,1-3H3/t12-/m1/s1. The monoisotopic (exact) mass is 330 g/mol. The van der Waals surface area contributed by atoms with Crippen molar-refractivity contribution in [2.75, 3.05) is 27.2 Å². The van der Waals surface area contributed by atoms with E-state index in [9.17, 15) is 4.79 Å². The van der Waals surface area contributed by atoms with Crippen molar-refractivity contribution < 1.29 is 9.53 Å². The van der Waals surface area contributed by atoms with Crippen molar-refractivity contribution in [3.63, 3.8) is 0 Å². The maximum Gasteiger partial charge on any atom is 0.236 e. The van der Waals surface area contributed by atoms with Crippen LogP contribution in [0.2, 0.25) is 0 Å². The van der Waals surface area contributed by atoms with Crippen molar-refractivity contribution >= 4 is 5.91 Å². The SMILES string of the molecule is C[C@@H]1c2nnc(COc3ccccn3)n2CCN1CC(=O)N(C)C. The molecule has 0 saturated carbocycles. The number of hydrogen-bond acceptors (Lipinski definition) is 6. The smallest absolute Gasteiger partial charge is 0.236 e. The first-order valence-corrected chi connectivity index (χ1v) is 7.96. The molecule has 0 fully saturated rings. The topological polar surface area (TPSA) is 76.4 Å². The summed E-state index contributed by atoms with van der Waals surface area (Å²) in [5, 5.41) is 8.55. The van der Waals surface area contributed by atoms with Crippen molar-refractivity contribution in [2.45, 2.75) is 26.1 Å². The molecule has 1 atom stereocenters. The van der Waals surface area contributed by atoms with E-state index in [1.807, 2.05) is 25.1 Å². The molecule has 0 aromatic carbocycles. The summed E-state index contributed by atoms with van der Waals surface area (Å²) in [5.74, 6) is 2.30. The zero-order chi connectivity index (χ0) is 17.1. The van der Waals surface area contributed by atoms with Crippen molar-refractivity contribution in [3.8, 4) is 5.88 Å². The van der Waals surface area contributed by atoms with Gasteiger partial charge in [-0.25, -0.2) is 4.98 Å². The van der Waals surface area contributed by atoms with Gasteiger partial charge in [0, 0.05) is 39.4 Å². The average Bonchev–Trinajstić information content (AvgIpc) is 3.00. The van der Waals surface area contributed by atoms with E-state index in [0.717, 1.165) is 24.7 Å². The summed E-state index contributed by atoms with van der Waals surface area (Å²) in [7, 11) is 3.54. The van der Waals surface area contributed by atoms with Crippen molar-refractivity contribution in [3.05, 3.63) is 36.0 Å². The fraction of sp³-hybridized carbons (Fsp3) is 0.500. The van der Waals surface area contributed by atoms with E-state index >= 15 is 0 Å². The number of hydrogen-bond donors (Lipinski definition) is 0. The molecule has 0 radical (unpaired) electrons. The van der Waals surface area contributed by atoms with Crippen molar-refractivity contribution in [1.82, 2.24) is 29.5 Å². The van der Waals surface area contributed by atoms with Gasteiger partial charge in [0.2, 0.25) is 11.8 Å². The molecule has 3 rings (SSSR count). The Morgan fingerprint density at radius 1 is 1.33 bits per heavy atom. The molecule has 0 unspecified atom stereocenters. The molecule has 0 N–H and O–H groups in total. The second-order valence-electron chi connectivity index (χ2n) is 6.02. The fourth-order valence-corrected chi connectivity index (χ4v) is 2.70. The molecule has 2 aromatic rings. The third kappa shape index (κ3) is 3.38. The van der Waals surface area contributed by atoms with E-state index in [1.54, 1.807) is 25.2 Å². The Bertz CT molecular complexity index is 700. The van der Waals surface area contributed by atoms with E-state index in [0.29, 0.717) is 19.0 Å². The Kier molecular flexibility index (Phi) is 4.75. The van der Waals surface area contributed by atoms with Gasteiger partial charge in [0.15, 0.2) is 5.82 Å². The van der Waals surface area contributed by atoms with Gasteiger partial charge < -0.3 is 14.2 Å². The molecular formula is C16H22N6O2. The zero-order valence-corrected chi connectivity index (χ0v) is 14.2. The number of pyridine rings is 1. The van der Waals surface area contributed by atoms with Gasteiger partial charge >= 0.3 is 0 Å². The second kappa shape index (κ2) is 6.96. The average molecular weight is 330 g/mol. The lowest BCUT2D eigenvalue weighted by molar-refractivity contribution is -0.130. The number of rotatable bonds is 5. The lowest BCUT2D eigenvalue weighted by atomic mass is 10.2. The first-order chi connectivity index (χ1) is 11.6. The number of aromatic nitrogens is 4. The van der Waals surface area contributed by atoms with Crippen LogP contribution in [0.4, 0.5) is 0 Å². The molecule has 0 spiro atoms. The van der Waals surface area contributed by atoms with Crippen molar-refractivity contribution in [2.24, 2.45) is 0 Å². The van der Waals surface area contributed by atoms with E-state index in [2.05, 4.69) is 24.6 Å². The Labute approximate surface area is 141 Å². The number of likely N-dealkylation sites (N-methyl/N-ethyl adjacent to an activating group) is 1. The highest BCUT2D eigenvalue weighted by atomic mass is 16.5. The van der Waals surface area contributed by atoms with Gasteiger partial charge in [0.05, 0.1) is 12.6 Å². The molecule has 3 heterocycles. The quantitative estimate of drug-likeness (QED) is 0.804. The van der Waals surface area contributed by atoms with Gasteiger partial charge in [0.25, 0.3) is 0 Å². The maximum atomic E-state index is 11.9. The molecule has 128 valence electrons. The van der Waals surface area contributed by atoms with Crippen LogP contribution >= 0.6 is 0 Å². The van der Waals surface area contributed by atoms with Gasteiger partial charge in [-0.3, -0.25) is 9.69 Å². The predicted octanol–water partition coefficient (Wildman–Crippen LogP) is 0.717. The first kappa shape index (κ1) is 16.4. The number of fused-ring (bicyclic) bond motifs is 1. The maximum absolute atomic E-state index is 11.9. The minimum Gasteiger partial charge on any atom is -0.469 e. The minimum absolute atomic E-state index is 0.0405. The molecular weight excluding hydrogens is 308 g/mol. The molecule has 0 bridgehead atoms. The Morgan fingerprint density at radius 2 is 2.17 bits per heavy atom. The third-order valence-electron chi connectivity index (χ3n) is 4.21. The van der Waals surface area contributed by atoms with Gasteiger partial charge in [-0.2, -0.15) is 0 Å². The summed E-state index contributed by atoms with van der Waals surface area (Å²) < 4.78 is 7.74. The van der Waals surface area contributed by atoms with E-state index in [4.69, 9.17) is 4.74 Å². The van der Waals surface area contributed by atoms with Gasteiger partial charge in [0.1, 0.15) is 12.4 Å². The fourth-order valence-electron chi connectivity index (χ4n) is 2.70. The second-order valence-corrected chi connectivity index (χ2v) is 6.02. The normalized spacial score (nSPS) is 17.4. The lowest BCUT2D eigenvalue weighted by Gasteiger charge is -2.33. The summed E-state index contributed by atoms with van der Waals surface area (Å²) in [6.45, 7) is 4.29. The van der Waals surface area contributed by atoms with Gasteiger partial charge in [-0.1, -0.05) is 6.07 Å². The zero-order valence-electron chi connectivity index (χ0n) is 14.2. The lowest BCUT2D eigenvalue weighted by Crippen LogP contribution is -2.43. The van der Waals surface area contributed by atoms with Crippen LogP contribution < -0.4 is 4.74 Å². The first-order valence-electron chi connectivity index (χ1n) is 7.96. The van der Waals surface area contributed by atoms with Crippen LogP contribution in [0.1, 0.15) is 24.6 Å². The number of ether oxygens (including phenoxy) is 1. The molecule has 1 aliphatic heterocycles. The summed E-state index contributed by atoms with van der Waals surface area (Å²) in [5.41, 5.74) is 0. The number of amides is 1. The van der Waals surface area contributed by atoms with Gasteiger partial charge in [-0.15, -0.1) is 10.2 Å². The van der Waals surface area contributed by atoms with Crippen LogP contribution in [-0.4, -0.2) is 62.6 Å². The van der Waals surface area contributed by atoms with Gasteiger partial charge in [-0.05, 0) is 13.0 Å². The Balaban J connectivity index is 1.68. The molecule has 8 nitrogen and oxygen atoms in total. The molecule has 2 aromatic heterocycles. The highest BCUT2D eigenvalue weighted by Gasteiger charge is 2.29. The molecule has 24 heavy (non-hydrogen) atoms. The summed E-state index contributed by atoms with van der Waals surface area (Å²) in [6.07, 6.45) is 1.69. The van der Waals surface area contributed by atoms with Crippen LogP contribution in [0, 0.1) is 0 Å².